The fourth-order valence-corrected chi connectivity index (χ4v) is 4.72. The van der Waals surface area contributed by atoms with Gasteiger partial charge in [-0.1, -0.05) is 18.2 Å². The van der Waals surface area contributed by atoms with Crippen LogP contribution in [0.2, 0.25) is 0 Å². The van der Waals surface area contributed by atoms with E-state index in [4.69, 9.17) is 0 Å². The van der Waals surface area contributed by atoms with Gasteiger partial charge in [-0.05, 0) is 50.1 Å². The van der Waals surface area contributed by atoms with Gasteiger partial charge in [0.05, 0.1) is 15.6 Å². The van der Waals surface area contributed by atoms with Crippen LogP contribution in [0.1, 0.15) is 28.2 Å². The Morgan fingerprint density at radius 2 is 1.93 bits per heavy atom. The lowest BCUT2D eigenvalue weighted by molar-refractivity contribution is 0.102. The van der Waals surface area contributed by atoms with Gasteiger partial charge in [-0.3, -0.25) is 4.79 Å². The predicted octanol–water partition coefficient (Wildman–Crippen LogP) is 3.81. The number of aromatic nitrogens is 1. The number of nitrogens with one attached hydrogen (secondary N) is 2. The molecule has 0 spiro atoms. The molecule has 28 heavy (non-hydrogen) atoms. The van der Waals surface area contributed by atoms with E-state index in [2.05, 4.69) is 15.0 Å². The van der Waals surface area contributed by atoms with E-state index < -0.39 is 10.0 Å². The molecule has 1 aromatic heterocycles. The first kappa shape index (κ1) is 18.8. The van der Waals surface area contributed by atoms with Crippen LogP contribution in [0.15, 0.2) is 58.8 Å². The maximum Gasteiger partial charge on any atom is 0.255 e. The summed E-state index contributed by atoms with van der Waals surface area (Å²) in [5.41, 5.74) is 2.68. The Bertz CT molecular complexity index is 1130. The maximum absolute atomic E-state index is 12.6. The SMILES string of the molecule is Cc1nc(-c2cccc(NC(=O)c3cccc(S(=O)(=O)NC4CC4)c3)c2)cs1. The number of aryl methyl sites for hydroxylation is 1. The van der Waals surface area contributed by atoms with E-state index in [1.165, 1.54) is 12.1 Å². The lowest BCUT2D eigenvalue weighted by Crippen LogP contribution is -2.26. The van der Waals surface area contributed by atoms with Crippen molar-refractivity contribution in [3.8, 4) is 11.3 Å². The van der Waals surface area contributed by atoms with Crippen LogP contribution in [0, 0.1) is 6.92 Å². The smallest absolute Gasteiger partial charge is 0.255 e. The molecule has 144 valence electrons. The van der Waals surface area contributed by atoms with Gasteiger partial charge in [-0.15, -0.1) is 11.3 Å². The van der Waals surface area contributed by atoms with E-state index >= 15 is 0 Å². The van der Waals surface area contributed by atoms with Crippen molar-refractivity contribution in [1.29, 1.82) is 0 Å². The first-order valence-electron chi connectivity index (χ1n) is 8.87. The molecule has 0 unspecified atom stereocenters. The number of carbonyl (C=O) groups excluding carboxylic acids is 1. The van der Waals surface area contributed by atoms with Crippen molar-refractivity contribution in [3.05, 3.63) is 64.5 Å². The van der Waals surface area contributed by atoms with E-state index in [1.807, 2.05) is 30.5 Å². The van der Waals surface area contributed by atoms with Gasteiger partial charge in [-0.2, -0.15) is 0 Å². The average molecular weight is 414 g/mol. The molecule has 0 atom stereocenters. The topological polar surface area (TPSA) is 88.2 Å². The summed E-state index contributed by atoms with van der Waals surface area (Å²) in [6, 6.07) is 13.5. The highest BCUT2D eigenvalue weighted by Gasteiger charge is 2.28. The molecule has 4 rings (SSSR count). The van der Waals surface area contributed by atoms with Gasteiger partial charge in [0, 0.05) is 28.2 Å². The van der Waals surface area contributed by atoms with Crippen LogP contribution < -0.4 is 10.0 Å². The van der Waals surface area contributed by atoms with E-state index in [0.29, 0.717) is 5.69 Å². The van der Waals surface area contributed by atoms with E-state index in [0.717, 1.165) is 29.1 Å². The summed E-state index contributed by atoms with van der Waals surface area (Å²) in [6.07, 6.45) is 1.71. The van der Waals surface area contributed by atoms with Gasteiger partial charge >= 0.3 is 0 Å². The Balaban J connectivity index is 1.53. The molecular formula is C20H19N3O3S2. The minimum atomic E-state index is -3.60. The zero-order valence-electron chi connectivity index (χ0n) is 15.2. The van der Waals surface area contributed by atoms with Crippen molar-refractivity contribution in [2.75, 3.05) is 5.32 Å². The Morgan fingerprint density at radius 1 is 1.14 bits per heavy atom. The minimum absolute atomic E-state index is 0.0135. The quantitative estimate of drug-likeness (QED) is 0.643. The number of hydrogen-bond acceptors (Lipinski definition) is 5. The standard InChI is InChI=1S/C20H19N3O3S2/c1-13-21-19(12-27-13)14-4-2-6-17(10-14)22-20(24)15-5-3-7-18(11-15)28(25,26)23-16-8-9-16/h2-7,10-12,16,23H,8-9H2,1H3,(H,22,24). The molecule has 1 heterocycles. The molecule has 2 aromatic carbocycles. The van der Waals surface area contributed by atoms with Crippen LogP contribution in [0.25, 0.3) is 11.3 Å². The number of benzene rings is 2. The monoisotopic (exact) mass is 413 g/mol. The predicted molar refractivity (Wildman–Crippen MR) is 110 cm³/mol. The molecular weight excluding hydrogens is 394 g/mol. The molecule has 1 amide bonds. The Hall–Kier alpha value is -2.55. The van der Waals surface area contributed by atoms with Gasteiger partial charge in [0.25, 0.3) is 5.91 Å². The summed E-state index contributed by atoms with van der Waals surface area (Å²) in [5.74, 6) is -0.366. The summed E-state index contributed by atoms with van der Waals surface area (Å²) in [4.78, 5) is 17.2. The summed E-state index contributed by atoms with van der Waals surface area (Å²) in [7, 11) is -3.60. The van der Waals surface area contributed by atoms with Crippen molar-refractivity contribution in [2.45, 2.75) is 30.7 Å². The Labute approximate surface area is 167 Å². The normalized spacial score (nSPS) is 14.0. The van der Waals surface area contributed by atoms with Crippen LogP contribution in [-0.4, -0.2) is 25.4 Å². The Kier molecular flexibility index (Phi) is 5.01. The van der Waals surface area contributed by atoms with Gasteiger partial charge in [0.2, 0.25) is 10.0 Å². The molecule has 0 saturated heterocycles. The van der Waals surface area contributed by atoms with Crippen molar-refractivity contribution in [3.63, 3.8) is 0 Å². The summed E-state index contributed by atoms with van der Waals surface area (Å²) in [5, 5.41) is 5.77. The van der Waals surface area contributed by atoms with Gasteiger partial charge in [0.1, 0.15) is 0 Å². The molecule has 1 fully saturated rings. The molecule has 0 aliphatic heterocycles. The third kappa shape index (κ3) is 4.30. The molecule has 1 saturated carbocycles. The second-order valence-electron chi connectivity index (χ2n) is 6.71. The summed E-state index contributed by atoms with van der Waals surface area (Å²) < 4.78 is 27.4. The van der Waals surface area contributed by atoms with Crippen LogP contribution in [0.3, 0.4) is 0 Å². The largest absolute Gasteiger partial charge is 0.322 e. The third-order valence-corrected chi connectivity index (χ3v) is 6.63. The first-order valence-corrected chi connectivity index (χ1v) is 11.2. The second kappa shape index (κ2) is 7.46. The third-order valence-electron chi connectivity index (χ3n) is 4.34. The fraction of sp³-hybridized carbons (Fsp3) is 0.200. The van der Waals surface area contributed by atoms with Crippen LogP contribution in [0.5, 0.6) is 0 Å². The van der Waals surface area contributed by atoms with E-state index in [9.17, 15) is 13.2 Å². The summed E-state index contributed by atoms with van der Waals surface area (Å²) >= 11 is 1.57. The fourth-order valence-electron chi connectivity index (χ4n) is 2.75. The Morgan fingerprint density at radius 3 is 2.64 bits per heavy atom. The number of sulfonamides is 1. The first-order chi connectivity index (χ1) is 13.4. The number of rotatable bonds is 6. The zero-order chi connectivity index (χ0) is 19.7. The molecule has 1 aliphatic carbocycles. The lowest BCUT2D eigenvalue weighted by Gasteiger charge is -2.09. The molecule has 2 N–H and O–H groups in total. The van der Waals surface area contributed by atoms with Crippen molar-refractivity contribution in [1.82, 2.24) is 9.71 Å². The minimum Gasteiger partial charge on any atom is -0.322 e. The van der Waals surface area contributed by atoms with Crippen molar-refractivity contribution < 1.29 is 13.2 Å². The number of amides is 1. The second-order valence-corrected chi connectivity index (χ2v) is 9.49. The average Bonchev–Trinajstić information content (AvgIpc) is 3.37. The maximum atomic E-state index is 12.6. The van der Waals surface area contributed by atoms with Crippen LogP contribution in [-0.2, 0) is 10.0 Å². The zero-order valence-corrected chi connectivity index (χ0v) is 16.8. The van der Waals surface area contributed by atoms with Gasteiger partial charge in [-0.25, -0.2) is 18.1 Å². The highest BCUT2D eigenvalue weighted by atomic mass is 32.2. The molecule has 1 aliphatic rings. The van der Waals surface area contributed by atoms with Crippen LogP contribution >= 0.6 is 11.3 Å². The molecule has 3 aromatic rings. The van der Waals surface area contributed by atoms with E-state index in [1.54, 1.807) is 29.5 Å². The van der Waals surface area contributed by atoms with E-state index in [-0.39, 0.29) is 22.4 Å². The molecule has 8 heteroatoms. The van der Waals surface area contributed by atoms with Crippen LogP contribution in [0.4, 0.5) is 5.69 Å². The highest BCUT2D eigenvalue weighted by molar-refractivity contribution is 7.89. The molecule has 0 radical (unpaired) electrons. The number of hydrogen-bond donors (Lipinski definition) is 2. The molecule has 6 nitrogen and oxygen atoms in total. The van der Waals surface area contributed by atoms with Gasteiger partial charge < -0.3 is 5.32 Å². The van der Waals surface area contributed by atoms with Crippen molar-refractivity contribution in [2.24, 2.45) is 0 Å². The van der Waals surface area contributed by atoms with Gasteiger partial charge in [0.15, 0.2) is 0 Å². The van der Waals surface area contributed by atoms with Crippen molar-refractivity contribution >= 4 is 33.0 Å². The molecule has 0 bridgehead atoms. The number of nitrogens with zero attached hydrogens (tertiary/aromatic N) is 1. The highest BCUT2D eigenvalue weighted by Crippen LogP contribution is 2.25. The number of thiazole rings is 1. The number of anilines is 1. The lowest BCUT2D eigenvalue weighted by atomic mass is 10.1. The number of carbonyl (C=O) groups is 1. The summed E-state index contributed by atoms with van der Waals surface area (Å²) in [6.45, 7) is 1.94.